The molecule has 0 unspecified atom stereocenters. The quantitative estimate of drug-likeness (QED) is 0.0524. The van der Waals surface area contributed by atoms with E-state index < -0.39 is 103 Å². The highest BCUT2D eigenvalue weighted by molar-refractivity contribution is 5.94. The molecule has 1 aromatic carbocycles. The number of hydrogen-bond acceptors (Lipinski definition) is 18. The number of methoxy groups -OCH3 is 1. The highest BCUT2D eigenvalue weighted by atomic mass is 16.7. The average molecular weight is 795 g/mol. The van der Waals surface area contributed by atoms with Gasteiger partial charge >= 0.3 is 35.8 Å². The molecule has 56 heavy (non-hydrogen) atoms. The van der Waals surface area contributed by atoms with Crippen LogP contribution in [0, 0.1) is 12.3 Å². The maximum atomic E-state index is 13.6. The predicted molar refractivity (Wildman–Crippen MR) is 186 cm³/mol. The highest BCUT2D eigenvalue weighted by Crippen LogP contribution is 2.37. The van der Waals surface area contributed by atoms with Crippen LogP contribution in [0.1, 0.15) is 51.4 Å². The van der Waals surface area contributed by atoms with Gasteiger partial charge in [0.15, 0.2) is 18.8 Å². The van der Waals surface area contributed by atoms with Gasteiger partial charge < -0.3 is 58.0 Å². The standard InChI is InChI=1S/C36H46N2O18/c1-8-12-48-13-14-49-15-16-51-36(35(46)47-7)18-28(53-23(4)41)31(38-30(44)20-50-21(2)39)33(56-36)32(55-25(6)43)29(54-24(5)42)19-37-34(45)26-10-9-11-27(17-26)52-22(3)40/h1,9-11,17,28-29,31-33H,12-16,18-20H2,2-7H3,(H,37,45)(H,38,44)/t28-,29+,31+,32+,33+,36+/m0/s1. The number of carbonyl (C=O) groups excluding carboxylic acids is 8. The maximum Gasteiger partial charge on any atom is 0.366 e. The van der Waals surface area contributed by atoms with Gasteiger partial charge in [0, 0.05) is 40.2 Å². The van der Waals surface area contributed by atoms with Crippen LogP contribution < -0.4 is 15.4 Å². The van der Waals surface area contributed by atoms with Crippen molar-refractivity contribution in [2.75, 3.05) is 53.3 Å². The Morgan fingerprint density at radius 2 is 1.57 bits per heavy atom. The number of rotatable bonds is 21. The Morgan fingerprint density at radius 1 is 0.893 bits per heavy atom. The Labute approximate surface area is 322 Å². The molecule has 308 valence electrons. The van der Waals surface area contributed by atoms with Crippen molar-refractivity contribution in [3.05, 3.63) is 29.8 Å². The molecule has 6 atom stereocenters. The molecule has 1 aliphatic rings. The molecule has 0 bridgehead atoms. The predicted octanol–water partition coefficient (Wildman–Crippen LogP) is -0.474. The monoisotopic (exact) mass is 794 g/mol. The summed E-state index contributed by atoms with van der Waals surface area (Å²) in [7, 11) is 1.01. The Kier molecular flexibility index (Phi) is 19.4. The zero-order chi connectivity index (χ0) is 41.8. The van der Waals surface area contributed by atoms with Crippen molar-refractivity contribution in [3.63, 3.8) is 0 Å². The van der Waals surface area contributed by atoms with E-state index in [-0.39, 0.29) is 44.3 Å². The van der Waals surface area contributed by atoms with Gasteiger partial charge in [0.2, 0.25) is 0 Å². The minimum Gasteiger partial charge on any atom is -0.465 e. The van der Waals surface area contributed by atoms with Gasteiger partial charge in [-0.3, -0.25) is 33.6 Å². The fourth-order valence-electron chi connectivity index (χ4n) is 5.32. The Balaban J connectivity index is 2.65. The van der Waals surface area contributed by atoms with Crippen LogP contribution in [-0.2, 0) is 76.2 Å². The number of ether oxygens (including phenoxy) is 10. The lowest BCUT2D eigenvalue weighted by Gasteiger charge is -2.48. The molecule has 2 rings (SSSR count). The molecule has 0 aromatic heterocycles. The summed E-state index contributed by atoms with van der Waals surface area (Å²) in [6.07, 6.45) is -2.28. The van der Waals surface area contributed by atoms with Crippen molar-refractivity contribution in [1.82, 2.24) is 10.6 Å². The second kappa shape index (κ2) is 23.3. The van der Waals surface area contributed by atoms with Gasteiger partial charge in [0.05, 0.1) is 52.5 Å². The smallest absolute Gasteiger partial charge is 0.366 e. The van der Waals surface area contributed by atoms with Crippen LogP contribution >= 0.6 is 0 Å². The molecule has 0 spiro atoms. The van der Waals surface area contributed by atoms with E-state index in [9.17, 15) is 38.4 Å². The topological polar surface area (TPSA) is 253 Å². The van der Waals surface area contributed by atoms with Crippen molar-refractivity contribution < 1.29 is 85.7 Å². The van der Waals surface area contributed by atoms with Crippen molar-refractivity contribution in [2.24, 2.45) is 0 Å². The van der Waals surface area contributed by atoms with E-state index >= 15 is 0 Å². The number of esters is 6. The SMILES string of the molecule is C#CCOCCOCCO[C@]1(C(=O)OC)C[C@H](OC(C)=O)[C@@H](NC(=O)COC(C)=O)[C@H]([C@H](OC(C)=O)[C@@H](CNC(=O)c2cccc(OC(C)=O)c2)OC(C)=O)O1. The van der Waals surface area contributed by atoms with Gasteiger partial charge in [0.25, 0.3) is 17.6 Å². The van der Waals surface area contributed by atoms with Crippen LogP contribution in [0.15, 0.2) is 24.3 Å². The van der Waals surface area contributed by atoms with Crippen LogP contribution in [0.25, 0.3) is 0 Å². The summed E-state index contributed by atoms with van der Waals surface area (Å²) in [6.45, 7) is 3.66. The third-order valence-corrected chi connectivity index (χ3v) is 7.35. The molecule has 1 heterocycles. The lowest BCUT2D eigenvalue weighted by atomic mass is 9.87. The third kappa shape index (κ3) is 15.6. The molecule has 1 saturated heterocycles. The summed E-state index contributed by atoms with van der Waals surface area (Å²) >= 11 is 0. The second-order valence-electron chi connectivity index (χ2n) is 11.8. The van der Waals surface area contributed by atoms with E-state index in [1.165, 1.54) is 31.2 Å². The number of amides is 2. The van der Waals surface area contributed by atoms with Gasteiger partial charge in [-0.05, 0) is 18.2 Å². The molecular formula is C36H46N2O18. The highest BCUT2D eigenvalue weighted by Gasteiger charge is 2.59. The van der Waals surface area contributed by atoms with Crippen molar-refractivity contribution in [3.8, 4) is 18.1 Å². The van der Waals surface area contributed by atoms with Crippen molar-refractivity contribution in [1.29, 1.82) is 0 Å². The fourth-order valence-corrected chi connectivity index (χ4v) is 5.32. The minimum atomic E-state index is -2.46. The van der Waals surface area contributed by atoms with E-state index in [0.717, 1.165) is 34.8 Å². The van der Waals surface area contributed by atoms with Crippen molar-refractivity contribution in [2.45, 2.75) is 77.3 Å². The third-order valence-electron chi connectivity index (χ3n) is 7.35. The molecule has 0 aliphatic carbocycles. The minimum absolute atomic E-state index is 0.0109. The molecule has 20 heteroatoms. The van der Waals surface area contributed by atoms with Gasteiger partial charge in [-0.25, -0.2) is 4.79 Å². The van der Waals surface area contributed by atoms with E-state index in [2.05, 4.69) is 16.6 Å². The molecule has 2 N–H and O–H groups in total. The van der Waals surface area contributed by atoms with Crippen molar-refractivity contribution >= 4 is 47.6 Å². The summed E-state index contributed by atoms with van der Waals surface area (Å²) < 4.78 is 54.3. The maximum absolute atomic E-state index is 13.6. The summed E-state index contributed by atoms with van der Waals surface area (Å²) in [4.78, 5) is 101. The normalized spacial score (nSPS) is 19.8. The largest absolute Gasteiger partial charge is 0.465 e. The van der Waals surface area contributed by atoms with Gasteiger partial charge in [-0.2, -0.15) is 0 Å². The molecular weight excluding hydrogens is 748 g/mol. The molecule has 1 aromatic rings. The van der Waals surface area contributed by atoms with Gasteiger partial charge in [-0.15, -0.1) is 6.42 Å². The average Bonchev–Trinajstić information content (AvgIpc) is 3.12. The van der Waals surface area contributed by atoms with E-state index in [4.69, 9.17) is 53.8 Å². The van der Waals surface area contributed by atoms with Crippen LogP contribution in [0.4, 0.5) is 0 Å². The molecule has 1 aliphatic heterocycles. The van der Waals surface area contributed by atoms with Gasteiger partial charge in [0.1, 0.15) is 24.6 Å². The first-order valence-corrected chi connectivity index (χ1v) is 17.0. The molecule has 2 amide bonds. The van der Waals surface area contributed by atoms with E-state index in [0.29, 0.717) is 0 Å². The first-order chi connectivity index (χ1) is 26.5. The van der Waals surface area contributed by atoms with Gasteiger partial charge in [-0.1, -0.05) is 12.0 Å². The summed E-state index contributed by atoms with van der Waals surface area (Å²) in [6, 6.07) is 3.98. The lowest BCUT2D eigenvalue weighted by molar-refractivity contribution is -0.315. The number of hydrogen-bond donors (Lipinski definition) is 2. The van der Waals surface area contributed by atoms with E-state index in [1.54, 1.807) is 0 Å². The first kappa shape index (κ1) is 46.5. The number of terminal acetylenes is 1. The zero-order valence-corrected chi connectivity index (χ0v) is 31.8. The summed E-state index contributed by atoms with van der Waals surface area (Å²) in [5.74, 6) is -7.22. The summed E-state index contributed by atoms with van der Waals surface area (Å²) in [5, 5.41) is 5.05. The number of carbonyl (C=O) groups is 8. The van der Waals surface area contributed by atoms with Crippen LogP contribution in [0.3, 0.4) is 0 Å². The van der Waals surface area contributed by atoms with Crippen LogP contribution in [0.2, 0.25) is 0 Å². The molecule has 1 fully saturated rings. The first-order valence-electron chi connectivity index (χ1n) is 17.0. The number of nitrogens with one attached hydrogen (secondary N) is 2. The van der Waals surface area contributed by atoms with Crippen LogP contribution in [-0.4, -0.2) is 137 Å². The molecule has 0 radical (unpaired) electrons. The Bertz CT molecular complexity index is 1610. The van der Waals surface area contributed by atoms with E-state index in [1.807, 2.05) is 0 Å². The number of benzene rings is 1. The lowest BCUT2D eigenvalue weighted by Crippen LogP contribution is -2.70. The summed E-state index contributed by atoms with van der Waals surface area (Å²) in [5.41, 5.74) is 0.0109. The molecule has 0 saturated carbocycles. The fraction of sp³-hybridized carbons (Fsp3) is 0.556. The zero-order valence-electron chi connectivity index (χ0n) is 31.8. The second-order valence-corrected chi connectivity index (χ2v) is 11.8. The molecule has 20 nitrogen and oxygen atoms in total. The Morgan fingerprint density at radius 3 is 2.18 bits per heavy atom. The van der Waals surface area contributed by atoms with Crippen LogP contribution in [0.5, 0.6) is 5.75 Å². The Hall–Kier alpha value is -5.62.